The zero-order chi connectivity index (χ0) is 22.4. The third-order valence-corrected chi connectivity index (χ3v) is 6.36. The number of pyridine rings is 2. The Labute approximate surface area is 184 Å². The van der Waals surface area contributed by atoms with Crippen LogP contribution in [0.5, 0.6) is 0 Å². The Morgan fingerprint density at radius 3 is 2.69 bits per heavy atom. The fraction of sp³-hybridized carbons (Fsp3) is 0.348. The number of nitrogens with one attached hydrogen (secondary N) is 1. The number of rotatable bonds is 3. The van der Waals surface area contributed by atoms with Crippen molar-refractivity contribution < 1.29 is 9.59 Å². The smallest absolute Gasteiger partial charge is 0.271 e. The van der Waals surface area contributed by atoms with Crippen molar-refractivity contribution in [3.05, 3.63) is 70.4 Å². The van der Waals surface area contributed by atoms with E-state index in [1.54, 1.807) is 41.9 Å². The number of likely N-dealkylation sites (N-methyl/N-ethyl adjacent to an activating group) is 1. The van der Waals surface area contributed by atoms with E-state index in [9.17, 15) is 14.4 Å². The highest BCUT2D eigenvalue weighted by molar-refractivity contribution is 5.93. The third kappa shape index (κ3) is 3.30. The Kier molecular flexibility index (Phi) is 4.88. The number of carbonyl (C=O) groups is 2. The van der Waals surface area contributed by atoms with Gasteiger partial charge in [0.25, 0.3) is 11.5 Å². The summed E-state index contributed by atoms with van der Waals surface area (Å²) in [7, 11) is 3.38. The zero-order valence-corrected chi connectivity index (χ0v) is 17.9. The highest BCUT2D eigenvalue weighted by atomic mass is 16.2. The van der Waals surface area contributed by atoms with Crippen molar-refractivity contribution in [2.24, 2.45) is 5.92 Å². The van der Waals surface area contributed by atoms with E-state index in [0.717, 1.165) is 12.1 Å². The van der Waals surface area contributed by atoms with Crippen LogP contribution in [0.2, 0.25) is 0 Å². The van der Waals surface area contributed by atoms with Gasteiger partial charge in [-0.25, -0.2) is 0 Å². The van der Waals surface area contributed by atoms with Gasteiger partial charge in [-0.15, -0.1) is 0 Å². The molecule has 0 spiro atoms. The fourth-order valence-corrected chi connectivity index (χ4v) is 4.93. The van der Waals surface area contributed by atoms with Gasteiger partial charge in [-0.05, 0) is 30.7 Å². The van der Waals surface area contributed by atoms with Crippen molar-refractivity contribution in [3.63, 3.8) is 0 Å². The summed E-state index contributed by atoms with van der Waals surface area (Å²) < 4.78 is 1.64. The molecule has 3 atom stereocenters. The van der Waals surface area contributed by atoms with Crippen LogP contribution in [0.3, 0.4) is 0 Å². The number of H-pyrrole nitrogens is 1. The molecule has 5 heterocycles. The number of hydrogen-bond donors (Lipinski definition) is 1. The Hall–Kier alpha value is -3.75. The number of fused-ring (bicyclic) bond motifs is 4. The summed E-state index contributed by atoms with van der Waals surface area (Å²) >= 11 is 0. The average Bonchev–Trinajstić information content (AvgIpc) is 3.30. The number of hydrogen-bond acceptors (Lipinski definition) is 5. The normalized spacial score (nSPS) is 21.7. The quantitative estimate of drug-likeness (QED) is 0.676. The molecule has 9 heteroatoms. The third-order valence-electron chi connectivity index (χ3n) is 6.36. The highest BCUT2D eigenvalue weighted by Crippen LogP contribution is 2.42. The lowest BCUT2D eigenvalue weighted by Crippen LogP contribution is -2.54. The largest absolute Gasteiger partial charge is 0.347 e. The van der Waals surface area contributed by atoms with E-state index in [0.29, 0.717) is 30.2 Å². The molecule has 3 aromatic heterocycles. The van der Waals surface area contributed by atoms with Gasteiger partial charge in [0, 0.05) is 57.0 Å². The van der Waals surface area contributed by atoms with Crippen molar-refractivity contribution in [2.75, 3.05) is 27.2 Å². The first-order chi connectivity index (χ1) is 15.4. The highest BCUT2D eigenvalue weighted by Gasteiger charge is 2.45. The molecular weight excluding hydrogens is 408 g/mol. The summed E-state index contributed by atoms with van der Waals surface area (Å²) in [6.45, 7) is 0.887. The van der Waals surface area contributed by atoms with E-state index in [2.05, 4.69) is 15.2 Å². The van der Waals surface area contributed by atoms with Crippen molar-refractivity contribution in [1.29, 1.82) is 0 Å². The number of aromatic nitrogens is 4. The molecule has 3 aromatic rings. The second-order valence-corrected chi connectivity index (χ2v) is 8.62. The van der Waals surface area contributed by atoms with E-state index in [-0.39, 0.29) is 29.2 Å². The molecule has 0 saturated carbocycles. The van der Waals surface area contributed by atoms with Crippen LogP contribution in [0.25, 0.3) is 11.4 Å². The molecule has 2 aliphatic rings. The van der Waals surface area contributed by atoms with Crippen LogP contribution < -0.4 is 5.56 Å². The van der Waals surface area contributed by atoms with E-state index >= 15 is 0 Å². The first-order valence-corrected chi connectivity index (χ1v) is 10.6. The van der Waals surface area contributed by atoms with E-state index in [4.69, 9.17) is 0 Å². The Bertz CT molecular complexity index is 1230. The molecule has 164 valence electrons. The summed E-state index contributed by atoms with van der Waals surface area (Å²) in [5.74, 6) is -0.442. The SMILES string of the molecule is CN(C)C(=O)[C@H]1[C@H]2C[C@H](CN(C(=O)c3cc(-c4ccccn4)n[nH]3)C2)c2cccc(=O)n21. The maximum Gasteiger partial charge on any atom is 0.271 e. The molecule has 2 amide bonds. The Morgan fingerprint density at radius 1 is 1.09 bits per heavy atom. The Balaban J connectivity index is 1.47. The summed E-state index contributed by atoms with van der Waals surface area (Å²) in [5, 5.41) is 7.08. The Morgan fingerprint density at radius 2 is 1.94 bits per heavy atom. The van der Waals surface area contributed by atoms with Crippen molar-refractivity contribution in [3.8, 4) is 11.4 Å². The van der Waals surface area contributed by atoms with E-state index in [1.807, 2.05) is 24.3 Å². The van der Waals surface area contributed by atoms with Gasteiger partial charge in [-0.2, -0.15) is 5.10 Å². The molecule has 0 aromatic carbocycles. The molecule has 1 saturated heterocycles. The van der Waals surface area contributed by atoms with Crippen LogP contribution in [-0.2, 0) is 4.79 Å². The average molecular weight is 432 g/mol. The van der Waals surface area contributed by atoms with Crippen LogP contribution in [-0.4, -0.2) is 68.5 Å². The molecule has 1 N–H and O–H groups in total. The lowest BCUT2D eigenvalue weighted by molar-refractivity contribution is -0.135. The van der Waals surface area contributed by atoms with E-state index in [1.165, 1.54) is 11.0 Å². The van der Waals surface area contributed by atoms with Crippen LogP contribution in [0.1, 0.15) is 34.6 Å². The molecular formula is C23H24N6O3. The van der Waals surface area contributed by atoms with Gasteiger partial charge in [0.2, 0.25) is 5.91 Å². The molecule has 32 heavy (non-hydrogen) atoms. The summed E-state index contributed by atoms with van der Waals surface area (Å²) in [6, 6.07) is 11.7. The second-order valence-electron chi connectivity index (χ2n) is 8.62. The first-order valence-electron chi connectivity index (χ1n) is 10.6. The predicted molar refractivity (Wildman–Crippen MR) is 117 cm³/mol. The molecule has 0 unspecified atom stereocenters. The maximum atomic E-state index is 13.3. The van der Waals surface area contributed by atoms with Gasteiger partial charge in [0.15, 0.2) is 0 Å². The van der Waals surface area contributed by atoms with Gasteiger partial charge >= 0.3 is 0 Å². The van der Waals surface area contributed by atoms with Gasteiger partial charge in [-0.1, -0.05) is 12.1 Å². The van der Waals surface area contributed by atoms with Crippen molar-refractivity contribution >= 4 is 11.8 Å². The summed E-state index contributed by atoms with van der Waals surface area (Å²) in [4.78, 5) is 46.7. The van der Waals surface area contributed by atoms with Crippen molar-refractivity contribution in [2.45, 2.75) is 18.4 Å². The van der Waals surface area contributed by atoms with Crippen molar-refractivity contribution in [1.82, 2.24) is 29.5 Å². The summed E-state index contributed by atoms with van der Waals surface area (Å²) in [6.07, 6.45) is 2.44. The fourth-order valence-electron chi connectivity index (χ4n) is 4.93. The lowest BCUT2D eigenvalue weighted by atomic mass is 9.78. The zero-order valence-electron chi connectivity index (χ0n) is 17.9. The minimum absolute atomic E-state index is 0.00371. The lowest BCUT2D eigenvalue weighted by Gasteiger charge is -2.46. The number of aromatic amines is 1. The number of likely N-dealkylation sites (tertiary alicyclic amines) is 1. The molecule has 0 aliphatic carbocycles. The minimum Gasteiger partial charge on any atom is -0.347 e. The second kappa shape index (κ2) is 7.74. The standard InChI is InChI=1S/C23H24N6O3/c1-27(2)23(32)21-15-10-14(19-7-5-8-20(30)29(19)21)12-28(13-15)22(31)18-11-17(25-26-18)16-6-3-4-9-24-16/h3-9,11,14-15,21H,10,12-13H2,1-2H3,(H,25,26)/t14-,15+,21-/m1/s1. The summed E-state index contributed by atoms with van der Waals surface area (Å²) in [5.41, 5.74) is 2.30. The number of carbonyl (C=O) groups excluding carboxylic acids is 2. The topological polar surface area (TPSA) is 104 Å². The van der Waals surface area contributed by atoms with Crippen LogP contribution in [0.15, 0.2) is 53.5 Å². The molecule has 2 bridgehead atoms. The van der Waals surface area contributed by atoms with E-state index < -0.39 is 6.04 Å². The van der Waals surface area contributed by atoms with Crippen LogP contribution in [0, 0.1) is 5.92 Å². The molecule has 9 nitrogen and oxygen atoms in total. The molecule has 2 aliphatic heterocycles. The van der Waals surface area contributed by atoms with Crippen LogP contribution >= 0.6 is 0 Å². The van der Waals surface area contributed by atoms with Crippen LogP contribution in [0.4, 0.5) is 0 Å². The number of nitrogens with zero attached hydrogens (tertiary/aromatic N) is 5. The maximum absolute atomic E-state index is 13.3. The minimum atomic E-state index is -0.619. The number of amides is 2. The monoisotopic (exact) mass is 432 g/mol. The number of piperidine rings is 1. The molecule has 5 rings (SSSR count). The predicted octanol–water partition coefficient (Wildman–Crippen LogP) is 1.52. The van der Waals surface area contributed by atoms with Gasteiger partial charge < -0.3 is 9.80 Å². The van der Waals surface area contributed by atoms with Gasteiger partial charge in [0.05, 0.1) is 5.69 Å². The molecule has 1 fully saturated rings. The van der Waals surface area contributed by atoms with Gasteiger partial charge in [-0.3, -0.25) is 29.0 Å². The first kappa shape index (κ1) is 20.2. The van der Waals surface area contributed by atoms with Gasteiger partial charge in [0.1, 0.15) is 17.4 Å². The molecule has 0 radical (unpaired) electrons.